The highest BCUT2D eigenvalue weighted by Gasteiger charge is 2.23. The molecule has 4 nitrogen and oxygen atoms in total. The fourth-order valence-electron chi connectivity index (χ4n) is 2.75. The standard InChI is InChI=1S/C13H21N3O/c1-3-10-11(14)15-12(16-13(10)17)9-6-4-5-8(2)7-9/h8-9H,3-7H2,1-2H3,(H3,14,15,16,17). The molecule has 1 saturated carbocycles. The predicted octanol–water partition coefficient (Wildman–Crippen LogP) is 2.21. The van der Waals surface area contributed by atoms with Crippen molar-refractivity contribution >= 4 is 5.82 Å². The van der Waals surface area contributed by atoms with Crippen LogP contribution in [0.2, 0.25) is 0 Å². The largest absolute Gasteiger partial charge is 0.383 e. The first-order chi connectivity index (χ1) is 8.11. The summed E-state index contributed by atoms with van der Waals surface area (Å²) >= 11 is 0. The summed E-state index contributed by atoms with van der Waals surface area (Å²) in [7, 11) is 0. The van der Waals surface area contributed by atoms with E-state index in [1.165, 1.54) is 12.8 Å². The molecule has 0 saturated heterocycles. The predicted molar refractivity (Wildman–Crippen MR) is 69.0 cm³/mol. The van der Waals surface area contributed by atoms with Crippen molar-refractivity contribution in [2.24, 2.45) is 5.92 Å². The van der Waals surface area contributed by atoms with E-state index in [0.29, 0.717) is 29.6 Å². The average molecular weight is 235 g/mol. The quantitative estimate of drug-likeness (QED) is 0.825. The summed E-state index contributed by atoms with van der Waals surface area (Å²) in [6, 6.07) is 0. The van der Waals surface area contributed by atoms with Crippen LogP contribution in [-0.4, -0.2) is 9.97 Å². The lowest BCUT2D eigenvalue weighted by Gasteiger charge is -2.26. The maximum atomic E-state index is 11.8. The third-order valence-electron chi connectivity index (χ3n) is 3.74. The van der Waals surface area contributed by atoms with Gasteiger partial charge in [0.25, 0.3) is 5.56 Å². The van der Waals surface area contributed by atoms with Gasteiger partial charge >= 0.3 is 0 Å². The van der Waals surface area contributed by atoms with Gasteiger partial charge in [0.05, 0.1) is 5.56 Å². The van der Waals surface area contributed by atoms with Crippen molar-refractivity contribution in [3.63, 3.8) is 0 Å². The van der Waals surface area contributed by atoms with Crippen LogP contribution < -0.4 is 11.3 Å². The molecule has 0 spiro atoms. The summed E-state index contributed by atoms with van der Waals surface area (Å²) in [5.74, 6) is 2.28. The van der Waals surface area contributed by atoms with Gasteiger partial charge in [-0.25, -0.2) is 4.98 Å². The normalized spacial score (nSPS) is 24.8. The summed E-state index contributed by atoms with van der Waals surface area (Å²) in [4.78, 5) is 19.1. The Labute approximate surface area is 102 Å². The van der Waals surface area contributed by atoms with Crippen LogP contribution in [0.25, 0.3) is 0 Å². The molecule has 4 heteroatoms. The van der Waals surface area contributed by atoms with Crippen molar-refractivity contribution in [2.75, 3.05) is 5.73 Å². The van der Waals surface area contributed by atoms with Gasteiger partial charge in [0.2, 0.25) is 0 Å². The van der Waals surface area contributed by atoms with E-state index in [-0.39, 0.29) is 5.56 Å². The number of hydrogen-bond donors (Lipinski definition) is 2. The number of anilines is 1. The molecule has 1 fully saturated rings. The molecular weight excluding hydrogens is 214 g/mol. The first-order valence-electron chi connectivity index (χ1n) is 6.50. The molecule has 17 heavy (non-hydrogen) atoms. The smallest absolute Gasteiger partial charge is 0.256 e. The molecular formula is C13H21N3O. The van der Waals surface area contributed by atoms with Crippen LogP contribution in [0.4, 0.5) is 5.82 Å². The second-order valence-corrected chi connectivity index (χ2v) is 5.14. The topological polar surface area (TPSA) is 71.8 Å². The van der Waals surface area contributed by atoms with Gasteiger partial charge in [-0.2, -0.15) is 0 Å². The number of hydrogen-bond acceptors (Lipinski definition) is 3. The lowest BCUT2D eigenvalue weighted by molar-refractivity contribution is 0.335. The number of nitrogen functional groups attached to an aromatic ring is 1. The van der Waals surface area contributed by atoms with Crippen LogP contribution >= 0.6 is 0 Å². The lowest BCUT2D eigenvalue weighted by Crippen LogP contribution is -2.23. The van der Waals surface area contributed by atoms with E-state index in [1.807, 2.05) is 6.92 Å². The number of nitrogens with two attached hydrogens (primary N) is 1. The summed E-state index contributed by atoms with van der Waals surface area (Å²) in [6.07, 6.45) is 5.34. The zero-order valence-corrected chi connectivity index (χ0v) is 10.6. The number of aromatic nitrogens is 2. The maximum absolute atomic E-state index is 11.8. The first kappa shape index (κ1) is 12.1. The summed E-state index contributed by atoms with van der Waals surface area (Å²) in [5.41, 5.74) is 6.39. The molecule has 2 atom stereocenters. The highest BCUT2D eigenvalue weighted by molar-refractivity contribution is 5.37. The van der Waals surface area contributed by atoms with Gasteiger partial charge in [-0.05, 0) is 25.2 Å². The third-order valence-corrected chi connectivity index (χ3v) is 3.74. The Hall–Kier alpha value is -1.32. The Morgan fingerprint density at radius 1 is 1.47 bits per heavy atom. The van der Waals surface area contributed by atoms with Crippen molar-refractivity contribution in [1.82, 2.24) is 9.97 Å². The van der Waals surface area contributed by atoms with Gasteiger partial charge in [-0.15, -0.1) is 0 Å². The van der Waals surface area contributed by atoms with E-state index in [0.717, 1.165) is 18.7 Å². The fraction of sp³-hybridized carbons (Fsp3) is 0.692. The Morgan fingerprint density at radius 3 is 2.82 bits per heavy atom. The number of nitrogens with one attached hydrogen (secondary N) is 1. The minimum absolute atomic E-state index is 0.0618. The highest BCUT2D eigenvalue weighted by atomic mass is 16.1. The van der Waals surface area contributed by atoms with E-state index >= 15 is 0 Å². The van der Waals surface area contributed by atoms with Crippen LogP contribution in [0.15, 0.2) is 4.79 Å². The van der Waals surface area contributed by atoms with E-state index in [9.17, 15) is 4.79 Å². The zero-order valence-electron chi connectivity index (χ0n) is 10.6. The van der Waals surface area contributed by atoms with Crippen LogP contribution in [0.3, 0.4) is 0 Å². The molecule has 2 rings (SSSR count). The SMILES string of the molecule is CCc1c(N)nc(C2CCCC(C)C2)[nH]c1=O. The number of nitrogens with zero attached hydrogens (tertiary/aromatic N) is 1. The molecule has 1 aromatic heterocycles. The summed E-state index contributed by atoms with van der Waals surface area (Å²) < 4.78 is 0. The summed E-state index contributed by atoms with van der Waals surface area (Å²) in [5, 5.41) is 0. The monoisotopic (exact) mass is 235 g/mol. The Morgan fingerprint density at radius 2 is 2.24 bits per heavy atom. The van der Waals surface area contributed by atoms with Gasteiger partial charge < -0.3 is 10.7 Å². The van der Waals surface area contributed by atoms with Crippen LogP contribution in [-0.2, 0) is 6.42 Å². The van der Waals surface area contributed by atoms with Gasteiger partial charge in [-0.1, -0.05) is 26.7 Å². The van der Waals surface area contributed by atoms with Gasteiger partial charge in [0.15, 0.2) is 0 Å². The Balaban J connectivity index is 2.30. The zero-order chi connectivity index (χ0) is 12.4. The number of rotatable bonds is 2. The first-order valence-corrected chi connectivity index (χ1v) is 6.50. The second kappa shape index (κ2) is 4.90. The van der Waals surface area contributed by atoms with Gasteiger partial charge in [0, 0.05) is 5.92 Å². The molecule has 0 aliphatic heterocycles. The van der Waals surface area contributed by atoms with Crippen LogP contribution in [0, 0.1) is 5.92 Å². The maximum Gasteiger partial charge on any atom is 0.256 e. The Bertz CT molecular complexity index is 452. The molecule has 0 amide bonds. The molecule has 1 aliphatic carbocycles. The van der Waals surface area contributed by atoms with E-state index in [2.05, 4.69) is 16.9 Å². The minimum atomic E-state index is -0.0618. The molecule has 0 aromatic carbocycles. The van der Waals surface area contributed by atoms with Gasteiger partial charge in [-0.3, -0.25) is 4.79 Å². The van der Waals surface area contributed by atoms with Gasteiger partial charge in [0.1, 0.15) is 11.6 Å². The van der Waals surface area contributed by atoms with E-state index in [4.69, 9.17) is 5.73 Å². The van der Waals surface area contributed by atoms with Crippen molar-refractivity contribution < 1.29 is 0 Å². The Kier molecular flexibility index (Phi) is 3.50. The molecule has 1 heterocycles. The highest BCUT2D eigenvalue weighted by Crippen LogP contribution is 2.34. The third kappa shape index (κ3) is 2.51. The molecule has 3 N–H and O–H groups in total. The average Bonchev–Trinajstić information content (AvgIpc) is 2.28. The summed E-state index contributed by atoms with van der Waals surface area (Å²) in [6.45, 7) is 4.18. The number of aromatic amines is 1. The molecule has 0 radical (unpaired) electrons. The lowest BCUT2D eigenvalue weighted by atomic mass is 9.82. The van der Waals surface area contributed by atoms with Crippen molar-refractivity contribution in [3.8, 4) is 0 Å². The van der Waals surface area contributed by atoms with Crippen LogP contribution in [0.1, 0.15) is 56.8 Å². The minimum Gasteiger partial charge on any atom is -0.383 e. The molecule has 1 aromatic rings. The molecule has 2 unspecified atom stereocenters. The van der Waals surface area contributed by atoms with Crippen molar-refractivity contribution in [1.29, 1.82) is 0 Å². The fourth-order valence-corrected chi connectivity index (χ4v) is 2.75. The van der Waals surface area contributed by atoms with Crippen molar-refractivity contribution in [2.45, 2.75) is 51.9 Å². The second-order valence-electron chi connectivity index (χ2n) is 5.14. The molecule has 94 valence electrons. The molecule has 1 aliphatic rings. The van der Waals surface area contributed by atoms with Crippen LogP contribution in [0.5, 0.6) is 0 Å². The molecule has 0 bridgehead atoms. The van der Waals surface area contributed by atoms with Crippen molar-refractivity contribution in [3.05, 3.63) is 21.7 Å². The van der Waals surface area contributed by atoms with E-state index in [1.54, 1.807) is 0 Å². The number of H-pyrrole nitrogens is 1. The van der Waals surface area contributed by atoms with E-state index < -0.39 is 0 Å².